The van der Waals surface area contributed by atoms with E-state index in [2.05, 4.69) is 19.9 Å². The van der Waals surface area contributed by atoms with Gasteiger partial charge >= 0.3 is 0 Å². The molecule has 18 heavy (non-hydrogen) atoms. The van der Waals surface area contributed by atoms with Gasteiger partial charge in [-0.1, -0.05) is 13.8 Å². The van der Waals surface area contributed by atoms with Gasteiger partial charge in [0.15, 0.2) is 0 Å². The summed E-state index contributed by atoms with van der Waals surface area (Å²) in [5, 5.41) is 9.95. The van der Waals surface area contributed by atoms with Crippen molar-refractivity contribution in [3.05, 3.63) is 16.0 Å². The van der Waals surface area contributed by atoms with Gasteiger partial charge in [-0.2, -0.15) is 5.26 Å². The number of carbonyl (C=O) groups is 1. The van der Waals surface area contributed by atoms with E-state index >= 15 is 0 Å². The van der Waals surface area contributed by atoms with Gasteiger partial charge in [0.1, 0.15) is 0 Å². The van der Waals surface area contributed by atoms with Crippen molar-refractivity contribution in [2.45, 2.75) is 33.1 Å². The third-order valence-corrected chi connectivity index (χ3v) is 5.05. The molecule has 1 aliphatic carbocycles. The number of nitrogens with zero attached hydrogens (tertiary/aromatic N) is 1. The van der Waals surface area contributed by atoms with E-state index in [1.807, 2.05) is 0 Å². The molecule has 0 radical (unpaired) electrons. The summed E-state index contributed by atoms with van der Waals surface area (Å²) in [6, 6.07) is 2.47. The number of nitrogen functional groups attached to an aromatic ring is 1. The molecule has 4 nitrogen and oxygen atoms in total. The first-order valence-electron chi connectivity index (χ1n) is 6.02. The summed E-state index contributed by atoms with van der Waals surface area (Å²) in [6.07, 6.45) is 2.16. The van der Waals surface area contributed by atoms with Gasteiger partial charge < -0.3 is 11.5 Å². The zero-order valence-electron chi connectivity index (χ0n) is 10.6. The molecule has 1 heterocycles. The molecule has 0 aromatic carbocycles. The lowest BCUT2D eigenvalue weighted by atomic mass is 9.68. The van der Waals surface area contributed by atoms with Gasteiger partial charge in [-0.3, -0.25) is 4.79 Å². The van der Waals surface area contributed by atoms with Crippen molar-refractivity contribution in [1.29, 1.82) is 5.26 Å². The van der Waals surface area contributed by atoms with Gasteiger partial charge in [0.2, 0.25) is 0 Å². The van der Waals surface area contributed by atoms with Gasteiger partial charge in [0.05, 0.1) is 22.0 Å². The van der Waals surface area contributed by atoms with E-state index in [0.717, 1.165) is 16.9 Å². The number of thiophene rings is 1. The lowest BCUT2D eigenvalue weighted by molar-refractivity contribution is 0.1000. The molecule has 2 rings (SSSR count). The Morgan fingerprint density at radius 2 is 2.22 bits per heavy atom. The Morgan fingerprint density at radius 3 is 2.72 bits per heavy atom. The second-order valence-electron chi connectivity index (χ2n) is 5.21. The topological polar surface area (TPSA) is 92.9 Å². The molecule has 0 fully saturated rings. The second-order valence-corrected chi connectivity index (χ2v) is 6.34. The van der Waals surface area contributed by atoms with Gasteiger partial charge in [-0.15, -0.1) is 11.3 Å². The summed E-state index contributed by atoms with van der Waals surface area (Å²) in [7, 11) is 0. The van der Waals surface area contributed by atoms with Crippen molar-refractivity contribution < 1.29 is 4.79 Å². The lowest BCUT2D eigenvalue weighted by Crippen LogP contribution is -2.32. The average Bonchev–Trinajstić information content (AvgIpc) is 2.62. The largest absolute Gasteiger partial charge is 0.390 e. The highest BCUT2D eigenvalue weighted by molar-refractivity contribution is 7.16. The van der Waals surface area contributed by atoms with Crippen molar-refractivity contribution in [2.75, 3.05) is 5.73 Å². The van der Waals surface area contributed by atoms with Crippen LogP contribution >= 0.6 is 11.3 Å². The average molecular weight is 263 g/mol. The third-order valence-electron chi connectivity index (χ3n) is 3.99. The number of amides is 1. The first-order chi connectivity index (χ1) is 8.41. The Labute approximate surface area is 111 Å². The SMILES string of the molecule is CC(C)C1(C#N)CCc2c(sc(N)c2C(N)=O)C1. The number of carbonyl (C=O) groups excluding carboxylic acids is 1. The van der Waals surface area contributed by atoms with E-state index < -0.39 is 5.91 Å². The Morgan fingerprint density at radius 1 is 1.56 bits per heavy atom. The summed E-state index contributed by atoms with van der Waals surface area (Å²) in [4.78, 5) is 12.5. The smallest absolute Gasteiger partial charge is 0.251 e. The van der Waals surface area contributed by atoms with E-state index in [9.17, 15) is 10.1 Å². The molecule has 0 saturated heterocycles. The van der Waals surface area contributed by atoms with Gasteiger partial charge in [-0.05, 0) is 24.3 Å². The van der Waals surface area contributed by atoms with Crippen LogP contribution in [0.2, 0.25) is 0 Å². The minimum absolute atomic E-state index is 0.288. The fraction of sp³-hybridized carbons (Fsp3) is 0.538. The zero-order chi connectivity index (χ0) is 13.5. The number of nitriles is 1. The van der Waals surface area contributed by atoms with E-state index in [4.69, 9.17) is 11.5 Å². The van der Waals surface area contributed by atoms with Crippen LogP contribution in [0.3, 0.4) is 0 Å². The number of primary amides is 1. The second kappa shape index (κ2) is 4.29. The fourth-order valence-electron chi connectivity index (χ4n) is 2.65. The molecule has 0 bridgehead atoms. The molecular formula is C13H17N3OS. The maximum Gasteiger partial charge on any atom is 0.251 e. The molecular weight excluding hydrogens is 246 g/mol. The Kier molecular flexibility index (Phi) is 3.07. The van der Waals surface area contributed by atoms with Gasteiger partial charge in [-0.25, -0.2) is 0 Å². The minimum Gasteiger partial charge on any atom is -0.390 e. The highest BCUT2D eigenvalue weighted by Crippen LogP contribution is 2.46. The van der Waals surface area contributed by atoms with Crippen LogP contribution in [-0.4, -0.2) is 5.91 Å². The van der Waals surface area contributed by atoms with E-state index in [1.54, 1.807) is 0 Å². The predicted molar refractivity (Wildman–Crippen MR) is 72.2 cm³/mol. The summed E-state index contributed by atoms with van der Waals surface area (Å²) in [5.41, 5.74) is 12.3. The van der Waals surface area contributed by atoms with Gasteiger partial charge in [0, 0.05) is 11.3 Å². The van der Waals surface area contributed by atoms with Crippen LogP contribution < -0.4 is 11.5 Å². The van der Waals surface area contributed by atoms with Crippen LogP contribution in [0.1, 0.15) is 41.1 Å². The summed E-state index contributed by atoms with van der Waals surface area (Å²) in [6.45, 7) is 4.14. The fourth-order valence-corrected chi connectivity index (χ4v) is 3.90. The van der Waals surface area contributed by atoms with Crippen molar-refractivity contribution in [2.24, 2.45) is 17.1 Å². The van der Waals surface area contributed by atoms with E-state index in [-0.39, 0.29) is 11.3 Å². The van der Waals surface area contributed by atoms with Crippen molar-refractivity contribution in [1.82, 2.24) is 0 Å². The van der Waals surface area contributed by atoms with Crippen LogP contribution in [0.25, 0.3) is 0 Å². The highest BCUT2D eigenvalue weighted by Gasteiger charge is 2.40. The molecule has 1 unspecified atom stereocenters. The van der Waals surface area contributed by atoms with Crippen molar-refractivity contribution in [3.63, 3.8) is 0 Å². The molecule has 0 aliphatic heterocycles. The Balaban J connectivity index is 2.47. The lowest BCUT2D eigenvalue weighted by Gasteiger charge is -2.34. The van der Waals surface area contributed by atoms with E-state index in [1.165, 1.54) is 11.3 Å². The van der Waals surface area contributed by atoms with Crippen molar-refractivity contribution >= 4 is 22.2 Å². The summed E-state index contributed by atoms with van der Waals surface area (Å²) in [5.74, 6) is -0.171. The monoisotopic (exact) mass is 263 g/mol. The van der Waals surface area contributed by atoms with Gasteiger partial charge in [0.25, 0.3) is 5.91 Å². The third kappa shape index (κ3) is 1.77. The number of anilines is 1. The first-order valence-corrected chi connectivity index (χ1v) is 6.84. The molecule has 1 atom stereocenters. The van der Waals surface area contributed by atoms with Crippen LogP contribution in [0, 0.1) is 22.7 Å². The van der Waals surface area contributed by atoms with Crippen LogP contribution in [0.4, 0.5) is 5.00 Å². The Bertz CT molecular complexity index is 541. The standard InChI is InChI=1S/C13H17N3OS/c1-7(2)13(6-14)4-3-8-9(5-13)18-12(16)10(8)11(15)17/h7H,3-5,16H2,1-2H3,(H2,15,17). The van der Waals surface area contributed by atoms with Crippen molar-refractivity contribution in [3.8, 4) is 6.07 Å². The predicted octanol–water partition coefficient (Wildman–Crippen LogP) is 2.08. The van der Waals surface area contributed by atoms with Crippen LogP contribution in [0.5, 0.6) is 0 Å². The quantitative estimate of drug-likeness (QED) is 0.855. The highest BCUT2D eigenvalue weighted by atomic mass is 32.1. The molecule has 5 heteroatoms. The maximum absolute atomic E-state index is 11.4. The normalized spacial score (nSPS) is 22.6. The number of fused-ring (bicyclic) bond motifs is 1. The molecule has 0 spiro atoms. The van der Waals surface area contributed by atoms with Crippen LogP contribution in [-0.2, 0) is 12.8 Å². The molecule has 1 amide bonds. The summed E-state index contributed by atoms with van der Waals surface area (Å²) >= 11 is 1.41. The molecule has 4 N–H and O–H groups in total. The number of hydrogen-bond donors (Lipinski definition) is 2. The maximum atomic E-state index is 11.4. The summed E-state index contributed by atoms with van der Waals surface area (Å²) < 4.78 is 0. The number of nitrogens with two attached hydrogens (primary N) is 2. The van der Waals surface area contributed by atoms with Crippen LogP contribution in [0.15, 0.2) is 0 Å². The zero-order valence-corrected chi connectivity index (χ0v) is 11.4. The molecule has 96 valence electrons. The minimum atomic E-state index is -0.459. The number of rotatable bonds is 2. The Hall–Kier alpha value is -1.54. The van der Waals surface area contributed by atoms with E-state index in [0.29, 0.717) is 23.4 Å². The molecule has 1 aliphatic rings. The molecule has 1 aromatic rings. The molecule has 0 saturated carbocycles. The number of hydrogen-bond acceptors (Lipinski definition) is 4. The molecule has 1 aromatic heterocycles. The first kappa shape index (κ1) is 12.9.